The molecule has 19 heavy (non-hydrogen) atoms. The van der Waals surface area contributed by atoms with E-state index < -0.39 is 0 Å². The minimum Gasteiger partial charge on any atom is -0.314 e. The second kappa shape index (κ2) is 5.62. The van der Waals surface area contributed by atoms with Crippen LogP contribution in [0.5, 0.6) is 0 Å². The van der Waals surface area contributed by atoms with Crippen molar-refractivity contribution in [3.8, 4) is 0 Å². The van der Waals surface area contributed by atoms with Crippen molar-refractivity contribution in [2.45, 2.75) is 51.0 Å². The van der Waals surface area contributed by atoms with Gasteiger partial charge in [-0.1, -0.05) is 31.9 Å². The molecule has 1 N–H and O–H groups in total. The lowest BCUT2D eigenvalue weighted by molar-refractivity contribution is 0.263. The molecule has 2 saturated carbocycles. The van der Waals surface area contributed by atoms with Crippen LogP contribution < -0.4 is 5.32 Å². The molecule has 0 heterocycles. The van der Waals surface area contributed by atoms with Crippen LogP contribution in [0, 0.1) is 17.7 Å². The van der Waals surface area contributed by atoms with Gasteiger partial charge in [0.15, 0.2) is 0 Å². The van der Waals surface area contributed by atoms with E-state index in [4.69, 9.17) is 0 Å². The van der Waals surface area contributed by atoms with E-state index in [1.165, 1.54) is 50.3 Å². The molecule has 0 aliphatic heterocycles. The maximum Gasteiger partial charge on any atom is 0.123 e. The number of hydrogen-bond acceptors (Lipinski definition) is 1. The zero-order valence-corrected chi connectivity index (χ0v) is 11.7. The van der Waals surface area contributed by atoms with E-state index in [0.717, 1.165) is 11.8 Å². The topological polar surface area (TPSA) is 12.0 Å². The van der Waals surface area contributed by atoms with Gasteiger partial charge in [-0.2, -0.15) is 0 Å². The summed E-state index contributed by atoms with van der Waals surface area (Å²) in [5, 5.41) is 3.71. The second-order valence-electron chi connectivity index (χ2n) is 6.50. The van der Waals surface area contributed by atoms with Gasteiger partial charge < -0.3 is 5.32 Å². The van der Waals surface area contributed by atoms with Crippen molar-refractivity contribution < 1.29 is 4.39 Å². The van der Waals surface area contributed by atoms with Crippen molar-refractivity contribution in [3.63, 3.8) is 0 Å². The normalized spacial score (nSPS) is 34.2. The van der Waals surface area contributed by atoms with E-state index in [9.17, 15) is 4.39 Å². The quantitative estimate of drug-likeness (QED) is 0.860. The van der Waals surface area contributed by atoms with Gasteiger partial charge in [-0.05, 0) is 61.3 Å². The smallest absolute Gasteiger partial charge is 0.123 e. The van der Waals surface area contributed by atoms with E-state index in [2.05, 4.69) is 18.3 Å². The Bertz CT molecular complexity index is 425. The predicted octanol–water partition coefficient (Wildman–Crippen LogP) is 4.10. The molecule has 2 unspecified atom stereocenters. The van der Waals surface area contributed by atoms with Crippen LogP contribution >= 0.6 is 0 Å². The van der Waals surface area contributed by atoms with Crippen LogP contribution in [0.4, 0.5) is 4.39 Å². The molecular formula is C17H24FN. The molecule has 0 aromatic heterocycles. The molecule has 2 fully saturated rings. The number of halogens is 1. The first kappa shape index (κ1) is 13.1. The summed E-state index contributed by atoms with van der Waals surface area (Å²) in [6.45, 7) is 3.57. The summed E-state index contributed by atoms with van der Waals surface area (Å²) in [5.41, 5.74) is 1.17. The van der Waals surface area contributed by atoms with Gasteiger partial charge in [-0.3, -0.25) is 0 Å². The van der Waals surface area contributed by atoms with Crippen molar-refractivity contribution in [1.29, 1.82) is 0 Å². The molecule has 0 amide bonds. The molecule has 0 saturated heterocycles. The van der Waals surface area contributed by atoms with E-state index in [-0.39, 0.29) is 5.82 Å². The third-order valence-electron chi connectivity index (χ3n) is 5.17. The standard InChI is InChI=1S/C17H24FN/c1-12-4-2-6-14(12)11-19-17-9-15(10-17)13-5-3-7-16(18)8-13/h3,5,7-8,12,14-15,17,19H,2,4,6,9-11H2,1H3. The Kier molecular flexibility index (Phi) is 3.88. The molecule has 0 bridgehead atoms. The van der Waals surface area contributed by atoms with Crippen molar-refractivity contribution in [3.05, 3.63) is 35.6 Å². The van der Waals surface area contributed by atoms with Gasteiger partial charge in [0.2, 0.25) is 0 Å². The van der Waals surface area contributed by atoms with Gasteiger partial charge in [0.05, 0.1) is 0 Å². The lowest BCUT2D eigenvalue weighted by Gasteiger charge is -2.37. The Morgan fingerprint density at radius 3 is 2.79 bits per heavy atom. The summed E-state index contributed by atoms with van der Waals surface area (Å²) in [4.78, 5) is 0. The Balaban J connectivity index is 1.43. The SMILES string of the molecule is CC1CCCC1CNC1CC(c2cccc(F)c2)C1. The third kappa shape index (κ3) is 3.00. The molecule has 3 rings (SSSR count). The molecule has 0 spiro atoms. The van der Waals surface area contributed by atoms with Crippen LogP contribution in [0.15, 0.2) is 24.3 Å². The minimum atomic E-state index is -0.103. The first-order valence-electron chi connectivity index (χ1n) is 7.71. The van der Waals surface area contributed by atoms with Crippen molar-refractivity contribution >= 4 is 0 Å². The van der Waals surface area contributed by atoms with Crippen LogP contribution in [-0.4, -0.2) is 12.6 Å². The van der Waals surface area contributed by atoms with E-state index in [1.54, 1.807) is 6.07 Å². The first-order valence-corrected chi connectivity index (χ1v) is 7.71. The largest absolute Gasteiger partial charge is 0.314 e. The maximum atomic E-state index is 13.2. The van der Waals surface area contributed by atoms with Gasteiger partial charge in [-0.25, -0.2) is 4.39 Å². The average molecular weight is 261 g/mol. The summed E-state index contributed by atoms with van der Waals surface area (Å²) in [5.74, 6) is 2.24. The number of rotatable bonds is 4. The van der Waals surface area contributed by atoms with Gasteiger partial charge in [0.25, 0.3) is 0 Å². The van der Waals surface area contributed by atoms with Crippen LogP contribution in [0.25, 0.3) is 0 Å². The van der Waals surface area contributed by atoms with Crippen molar-refractivity contribution in [2.24, 2.45) is 11.8 Å². The molecule has 104 valence electrons. The highest BCUT2D eigenvalue weighted by Gasteiger charge is 2.31. The number of benzene rings is 1. The predicted molar refractivity (Wildman–Crippen MR) is 76.7 cm³/mol. The third-order valence-corrected chi connectivity index (χ3v) is 5.17. The van der Waals surface area contributed by atoms with E-state index in [0.29, 0.717) is 12.0 Å². The average Bonchev–Trinajstić information content (AvgIpc) is 2.73. The number of nitrogens with one attached hydrogen (secondary N) is 1. The first-order chi connectivity index (χ1) is 9.22. The highest BCUT2D eigenvalue weighted by molar-refractivity contribution is 5.23. The Morgan fingerprint density at radius 2 is 2.11 bits per heavy atom. The molecule has 1 aromatic rings. The van der Waals surface area contributed by atoms with Crippen molar-refractivity contribution in [2.75, 3.05) is 6.54 Å². The van der Waals surface area contributed by atoms with Gasteiger partial charge in [-0.15, -0.1) is 0 Å². The fourth-order valence-corrected chi connectivity index (χ4v) is 3.66. The monoisotopic (exact) mass is 261 g/mol. The fraction of sp³-hybridized carbons (Fsp3) is 0.647. The lowest BCUT2D eigenvalue weighted by atomic mass is 9.75. The van der Waals surface area contributed by atoms with Crippen LogP contribution in [0.1, 0.15) is 50.5 Å². The van der Waals surface area contributed by atoms with Gasteiger partial charge in [0.1, 0.15) is 5.82 Å². The molecule has 1 aromatic carbocycles. The molecule has 2 heteroatoms. The summed E-state index contributed by atoms with van der Waals surface area (Å²) in [7, 11) is 0. The Hall–Kier alpha value is -0.890. The van der Waals surface area contributed by atoms with Gasteiger partial charge >= 0.3 is 0 Å². The molecule has 2 aliphatic carbocycles. The van der Waals surface area contributed by atoms with Gasteiger partial charge in [0, 0.05) is 6.04 Å². The molecule has 2 aliphatic rings. The van der Waals surface area contributed by atoms with E-state index in [1.807, 2.05) is 6.07 Å². The Labute approximate surface area is 115 Å². The van der Waals surface area contributed by atoms with Crippen LogP contribution in [0.3, 0.4) is 0 Å². The Morgan fingerprint density at radius 1 is 1.26 bits per heavy atom. The highest BCUT2D eigenvalue weighted by Crippen LogP contribution is 2.38. The summed E-state index contributed by atoms with van der Waals surface area (Å²) < 4.78 is 13.2. The number of hydrogen-bond donors (Lipinski definition) is 1. The molecular weight excluding hydrogens is 237 g/mol. The van der Waals surface area contributed by atoms with E-state index >= 15 is 0 Å². The minimum absolute atomic E-state index is 0.103. The maximum absolute atomic E-state index is 13.2. The summed E-state index contributed by atoms with van der Waals surface area (Å²) >= 11 is 0. The zero-order valence-electron chi connectivity index (χ0n) is 11.7. The van der Waals surface area contributed by atoms with Crippen LogP contribution in [-0.2, 0) is 0 Å². The summed E-state index contributed by atoms with van der Waals surface area (Å²) in [6.07, 6.45) is 6.55. The summed E-state index contributed by atoms with van der Waals surface area (Å²) in [6, 6.07) is 7.76. The molecule has 2 atom stereocenters. The molecule has 1 nitrogen and oxygen atoms in total. The van der Waals surface area contributed by atoms with Crippen LogP contribution in [0.2, 0.25) is 0 Å². The highest BCUT2D eigenvalue weighted by atomic mass is 19.1. The zero-order chi connectivity index (χ0) is 13.2. The fourth-order valence-electron chi connectivity index (χ4n) is 3.66. The van der Waals surface area contributed by atoms with Crippen molar-refractivity contribution in [1.82, 2.24) is 5.32 Å². The molecule has 0 radical (unpaired) electrons. The lowest BCUT2D eigenvalue weighted by Crippen LogP contribution is -2.42. The second-order valence-corrected chi connectivity index (χ2v) is 6.50.